The van der Waals surface area contributed by atoms with Crippen molar-refractivity contribution < 1.29 is 9.47 Å². The van der Waals surface area contributed by atoms with Gasteiger partial charge in [0.2, 0.25) is 0 Å². The molecule has 0 unspecified atom stereocenters. The molecule has 0 amide bonds. The fraction of sp³-hybridized carbons (Fsp3) is 0.308. The average Bonchev–Trinajstić information content (AvgIpc) is 2.42. The van der Waals surface area contributed by atoms with Gasteiger partial charge in [0.1, 0.15) is 29.7 Å². The highest BCUT2D eigenvalue weighted by Crippen LogP contribution is 2.35. The summed E-state index contributed by atoms with van der Waals surface area (Å²) in [6.07, 6.45) is 0. The van der Waals surface area contributed by atoms with Gasteiger partial charge in [-0.25, -0.2) is 0 Å². The van der Waals surface area contributed by atoms with Crippen LogP contribution in [0.5, 0.6) is 11.5 Å². The normalized spacial score (nSPS) is 9.78. The third-order valence-corrected chi connectivity index (χ3v) is 2.70. The van der Waals surface area contributed by atoms with Gasteiger partial charge in [-0.05, 0) is 18.6 Å². The Hall–Kier alpha value is -2.71. The Morgan fingerprint density at radius 3 is 1.94 bits per heavy atom. The number of nitrogens with zero attached hydrogens (tertiary/aromatic N) is 3. The topological polar surface area (TPSA) is 89.8 Å². The van der Waals surface area contributed by atoms with Gasteiger partial charge < -0.3 is 9.47 Å². The largest absolute Gasteiger partial charge is 0.497 e. The van der Waals surface area contributed by atoms with E-state index in [1.165, 1.54) is 20.3 Å². The molecule has 5 heteroatoms. The van der Waals surface area contributed by atoms with Crippen LogP contribution >= 0.6 is 0 Å². The molecule has 0 saturated carbocycles. The van der Waals surface area contributed by atoms with E-state index in [2.05, 4.69) is 0 Å². The summed E-state index contributed by atoms with van der Waals surface area (Å²) >= 11 is 0. The summed E-state index contributed by atoms with van der Waals surface area (Å²) in [5, 5.41) is 27.3. The van der Waals surface area contributed by atoms with E-state index in [0.29, 0.717) is 17.1 Å². The smallest absolute Gasteiger partial charge is 0.254 e. The van der Waals surface area contributed by atoms with Crippen LogP contribution in [-0.2, 0) is 5.41 Å². The number of benzene rings is 1. The zero-order chi connectivity index (χ0) is 13.8. The van der Waals surface area contributed by atoms with Gasteiger partial charge in [0.05, 0.1) is 14.2 Å². The molecule has 0 aliphatic rings. The fourth-order valence-electron chi connectivity index (χ4n) is 1.64. The summed E-state index contributed by atoms with van der Waals surface area (Å²) in [7, 11) is 2.93. The van der Waals surface area contributed by atoms with Crippen molar-refractivity contribution in [3.05, 3.63) is 23.3 Å². The molecule has 1 aromatic carbocycles. The Morgan fingerprint density at radius 1 is 1.00 bits per heavy atom. The van der Waals surface area contributed by atoms with Crippen LogP contribution in [0.15, 0.2) is 12.1 Å². The van der Waals surface area contributed by atoms with Crippen molar-refractivity contribution in [2.24, 2.45) is 0 Å². The molecule has 0 spiro atoms. The van der Waals surface area contributed by atoms with E-state index in [1.54, 1.807) is 31.2 Å². The number of methoxy groups -OCH3 is 2. The molecule has 0 aliphatic heterocycles. The molecule has 0 bridgehead atoms. The molecule has 0 heterocycles. The Kier molecular flexibility index (Phi) is 3.77. The Bertz CT molecular complexity index is 552. The van der Waals surface area contributed by atoms with Crippen molar-refractivity contribution in [1.82, 2.24) is 0 Å². The predicted molar refractivity (Wildman–Crippen MR) is 62.8 cm³/mol. The second-order valence-electron chi connectivity index (χ2n) is 3.59. The summed E-state index contributed by atoms with van der Waals surface area (Å²) < 4.78 is 10.2. The first-order valence-corrected chi connectivity index (χ1v) is 5.05. The predicted octanol–water partition coefficient (Wildman–Crippen LogP) is 1.82. The molecule has 0 aromatic heterocycles. The lowest BCUT2D eigenvalue weighted by atomic mass is 9.82. The first kappa shape index (κ1) is 13.4. The third-order valence-electron chi connectivity index (χ3n) is 2.70. The van der Waals surface area contributed by atoms with Crippen molar-refractivity contribution in [2.45, 2.75) is 12.3 Å². The SMILES string of the molecule is COc1cc(OC)c(C)c(C(C#N)(C#N)C#N)c1. The van der Waals surface area contributed by atoms with Crippen molar-refractivity contribution in [3.63, 3.8) is 0 Å². The number of nitriles is 3. The minimum Gasteiger partial charge on any atom is -0.497 e. The fourth-order valence-corrected chi connectivity index (χ4v) is 1.64. The van der Waals surface area contributed by atoms with Crippen LogP contribution in [0.4, 0.5) is 0 Å². The molecule has 0 aliphatic carbocycles. The van der Waals surface area contributed by atoms with Gasteiger partial charge in [-0.15, -0.1) is 0 Å². The van der Waals surface area contributed by atoms with E-state index in [-0.39, 0.29) is 5.56 Å². The van der Waals surface area contributed by atoms with E-state index in [0.717, 1.165) is 0 Å². The molecular weight excluding hydrogens is 230 g/mol. The van der Waals surface area contributed by atoms with Gasteiger partial charge in [-0.1, -0.05) is 0 Å². The maximum Gasteiger partial charge on any atom is 0.254 e. The molecule has 0 radical (unpaired) electrons. The van der Waals surface area contributed by atoms with Crippen LogP contribution < -0.4 is 9.47 Å². The molecule has 0 atom stereocenters. The molecule has 90 valence electrons. The molecule has 1 rings (SSSR count). The van der Waals surface area contributed by atoms with Gasteiger partial charge in [0.15, 0.2) is 0 Å². The highest BCUT2D eigenvalue weighted by molar-refractivity contribution is 5.57. The van der Waals surface area contributed by atoms with E-state index < -0.39 is 5.41 Å². The minimum atomic E-state index is -1.86. The zero-order valence-electron chi connectivity index (χ0n) is 10.3. The Balaban J connectivity index is 3.66. The van der Waals surface area contributed by atoms with Crippen molar-refractivity contribution in [2.75, 3.05) is 14.2 Å². The molecule has 0 N–H and O–H groups in total. The standard InChI is InChI=1S/C13H11N3O2/c1-9-11(13(6-14,7-15)8-16)4-10(17-2)5-12(9)18-3/h4-5H,1-3H3. The lowest BCUT2D eigenvalue weighted by Gasteiger charge is -2.17. The van der Waals surface area contributed by atoms with E-state index >= 15 is 0 Å². The quantitative estimate of drug-likeness (QED) is 0.805. The van der Waals surface area contributed by atoms with Crippen LogP contribution in [0.3, 0.4) is 0 Å². The molecule has 18 heavy (non-hydrogen) atoms. The maximum absolute atomic E-state index is 9.10. The van der Waals surface area contributed by atoms with Crippen molar-refractivity contribution >= 4 is 0 Å². The van der Waals surface area contributed by atoms with Gasteiger partial charge >= 0.3 is 0 Å². The summed E-state index contributed by atoms with van der Waals surface area (Å²) in [5.74, 6) is 0.895. The van der Waals surface area contributed by atoms with Gasteiger partial charge in [0.25, 0.3) is 5.41 Å². The van der Waals surface area contributed by atoms with Crippen LogP contribution in [-0.4, -0.2) is 14.2 Å². The van der Waals surface area contributed by atoms with Gasteiger partial charge in [-0.2, -0.15) is 15.8 Å². The lowest BCUT2D eigenvalue weighted by Crippen LogP contribution is -2.21. The Labute approximate surface area is 105 Å². The molecular formula is C13H11N3O2. The number of ether oxygens (including phenoxy) is 2. The van der Waals surface area contributed by atoms with Gasteiger partial charge in [0, 0.05) is 11.6 Å². The molecule has 0 fully saturated rings. The first-order chi connectivity index (χ1) is 8.58. The average molecular weight is 241 g/mol. The van der Waals surface area contributed by atoms with Gasteiger partial charge in [-0.3, -0.25) is 0 Å². The first-order valence-electron chi connectivity index (χ1n) is 5.05. The third kappa shape index (κ3) is 1.93. The summed E-state index contributed by atoms with van der Waals surface area (Å²) in [6, 6.07) is 8.37. The number of rotatable bonds is 3. The minimum absolute atomic E-state index is 0.284. The van der Waals surface area contributed by atoms with Crippen LogP contribution in [0.1, 0.15) is 11.1 Å². The Morgan fingerprint density at radius 2 is 1.56 bits per heavy atom. The number of hydrogen-bond donors (Lipinski definition) is 0. The summed E-state index contributed by atoms with van der Waals surface area (Å²) in [6.45, 7) is 1.69. The highest BCUT2D eigenvalue weighted by Gasteiger charge is 2.35. The molecule has 0 saturated heterocycles. The van der Waals surface area contributed by atoms with E-state index in [4.69, 9.17) is 25.3 Å². The van der Waals surface area contributed by atoms with E-state index in [1.807, 2.05) is 0 Å². The monoisotopic (exact) mass is 241 g/mol. The summed E-state index contributed by atoms with van der Waals surface area (Å²) in [5.41, 5.74) is -1.000. The van der Waals surface area contributed by atoms with Crippen LogP contribution in [0, 0.1) is 40.9 Å². The second kappa shape index (κ2) is 5.08. The molecule has 1 aromatic rings. The maximum atomic E-state index is 9.10. The summed E-state index contributed by atoms with van der Waals surface area (Å²) in [4.78, 5) is 0. The van der Waals surface area contributed by atoms with Crippen molar-refractivity contribution in [3.8, 4) is 29.7 Å². The zero-order valence-corrected chi connectivity index (χ0v) is 10.3. The second-order valence-corrected chi connectivity index (χ2v) is 3.59. The molecule has 5 nitrogen and oxygen atoms in total. The van der Waals surface area contributed by atoms with Crippen LogP contribution in [0.2, 0.25) is 0 Å². The highest BCUT2D eigenvalue weighted by atomic mass is 16.5. The van der Waals surface area contributed by atoms with Crippen molar-refractivity contribution in [1.29, 1.82) is 15.8 Å². The number of hydrogen-bond acceptors (Lipinski definition) is 5. The van der Waals surface area contributed by atoms with E-state index in [9.17, 15) is 0 Å². The van der Waals surface area contributed by atoms with Crippen LogP contribution in [0.25, 0.3) is 0 Å². The lowest BCUT2D eigenvalue weighted by molar-refractivity contribution is 0.391.